The van der Waals surface area contributed by atoms with Crippen molar-refractivity contribution in [3.63, 3.8) is 0 Å². The van der Waals surface area contributed by atoms with Crippen molar-refractivity contribution >= 4 is 35.0 Å². The first kappa shape index (κ1) is 19.0. The molecule has 1 heterocycles. The van der Waals surface area contributed by atoms with Crippen LogP contribution in [0.1, 0.15) is 18.3 Å². The third kappa shape index (κ3) is 4.31. The standard InChI is InChI=1S/C18H16Cl2FN3OS/c1-2-24-17(10-25-16-9-4-3-6-14(16)20)22-23-18(24)26-11-12-13(19)7-5-8-15(12)21/h3-9H,2,10-11H2,1H3. The summed E-state index contributed by atoms with van der Waals surface area (Å²) in [5, 5.41) is 10.0. The fourth-order valence-corrected chi connectivity index (χ4v) is 3.92. The van der Waals surface area contributed by atoms with E-state index in [-0.39, 0.29) is 12.4 Å². The molecule has 2 aromatic carbocycles. The summed E-state index contributed by atoms with van der Waals surface area (Å²) in [5.41, 5.74) is 0.457. The molecule has 0 N–H and O–H groups in total. The molecular weight excluding hydrogens is 396 g/mol. The fraction of sp³-hybridized carbons (Fsp3) is 0.222. The second-order valence-electron chi connectivity index (χ2n) is 5.35. The van der Waals surface area contributed by atoms with Gasteiger partial charge in [0.05, 0.1) is 5.02 Å². The Balaban J connectivity index is 1.71. The van der Waals surface area contributed by atoms with Crippen LogP contribution in [0.5, 0.6) is 5.75 Å². The number of hydrogen-bond donors (Lipinski definition) is 0. The molecule has 4 nitrogen and oxygen atoms in total. The van der Waals surface area contributed by atoms with E-state index in [0.717, 1.165) is 0 Å². The van der Waals surface area contributed by atoms with E-state index in [0.29, 0.717) is 44.6 Å². The summed E-state index contributed by atoms with van der Waals surface area (Å²) < 4.78 is 21.6. The van der Waals surface area contributed by atoms with Crippen LogP contribution in [-0.4, -0.2) is 14.8 Å². The highest BCUT2D eigenvalue weighted by Gasteiger charge is 2.15. The van der Waals surface area contributed by atoms with E-state index in [1.54, 1.807) is 24.3 Å². The van der Waals surface area contributed by atoms with E-state index in [1.807, 2.05) is 23.6 Å². The van der Waals surface area contributed by atoms with Crippen molar-refractivity contribution in [1.29, 1.82) is 0 Å². The van der Waals surface area contributed by atoms with Gasteiger partial charge in [0.2, 0.25) is 0 Å². The van der Waals surface area contributed by atoms with Crippen LogP contribution in [0.25, 0.3) is 0 Å². The maximum Gasteiger partial charge on any atom is 0.191 e. The lowest BCUT2D eigenvalue weighted by Crippen LogP contribution is -2.07. The number of rotatable bonds is 7. The predicted octanol–water partition coefficient (Wildman–Crippen LogP) is 5.62. The van der Waals surface area contributed by atoms with Gasteiger partial charge < -0.3 is 9.30 Å². The first-order chi connectivity index (χ1) is 12.6. The van der Waals surface area contributed by atoms with Crippen molar-refractivity contribution in [2.24, 2.45) is 0 Å². The fourth-order valence-electron chi connectivity index (χ4n) is 2.36. The number of para-hydroxylation sites is 1. The molecule has 3 rings (SSSR count). The first-order valence-corrected chi connectivity index (χ1v) is 9.69. The second kappa shape index (κ2) is 8.75. The summed E-state index contributed by atoms with van der Waals surface area (Å²) >= 11 is 13.6. The van der Waals surface area contributed by atoms with Crippen LogP contribution in [0.2, 0.25) is 10.0 Å². The van der Waals surface area contributed by atoms with E-state index in [4.69, 9.17) is 27.9 Å². The third-order valence-corrected chi connectivity index (χ3v) is 5.37. The quantitative estimate of drug-likeness (QED) is 0.473. The SMILES string of the molecule is CCn1c(COc2ccccc2Cl)nnc1SCc1c(F)cccc1Cl. The Bertz CT molecular complexity index is 884. The molecule has 0 saturated carbocycles. The van der Waals surface area contributed by atoms with E-state index in [2.05, 4.69) is 10.2 Å². The number of nitrogens with zero attached hydrogens (tertiary/aromatic N) is 3. The highest BCUT2D eigenvalue weighted by Crippen LogP contribution is 2.29. The lowest BCUT2D eigenvalue weighted by atomic mass is 10.2. The van der Waals surface area contributed by atoms with Gasteiger partial charge in [0.25, 0.3) is 0 Å². The Morgan fingerprint density at radius 2 is 1.85 bits per heavy atom. The van der Waals surface area contributed by atoms with Gasteiger partial charge in [-0.2, -0.15) is 0 Å². The maximum absolute atomic E-state index is 13.9. The molecule has 0 saturated heterocycles. The highest BCUT2D eigenvalue weighted by atomic mass is 35.5. The minimum atomic E-state index is -0.324. The van der Waals surface area contributed by atoms with E-state index < -0.39 is 0 Å². The Kier molecular flexibility index (Phi) is 6.40. The number of thioether (sulfide) groups is 1. The maximum atomic E-state index is 13.9. The summed E-state index contributed by atoms with van der Waals surface area (Å²) in [6.07, 6.45) is 0. The molecule has 0 radical (unpaired) electrons. The molecule has 0 unspecified atom stereocenters. The summed E-state index contributed by atoms with van der Waals surface area (Å²) in [6.45, 7) is 2.90. The monoisotopic (exact) mass is 411 g/mol. The molecule has 0 aliphatic heterocycles. The van der Waals surface area contributed by atoms with E-state index in [9.17, 15) is 4.39 Å². The van der Waals surface area contributed by atoms with Crippen LogP contribution in [0.15, 0.2) is 47.6 Å². The lowest BCUT2D eigenvalue weighted by Gasteiger charge is -2.10. The van der Waals surface area contributed by atoms with Crippen LogP contribution in [0.4, 0.5) is 4.39 Å². The number of aromatic nitrogens is 3. The van der Waals surface area contributed by atoms with Gasteiger partial charge in [0.1, 0.15) is 18.2 Å². The summed E-state index contributed by atoms with van der Waals surface area (Å²) in [5.74, 6) is 1.31. The number of benzene rings is 2. The lowest BCUT2D eigenvalue weighted by molar-refractivity contribution is 0.288. The van der Waals surface area contributed by atoms with Crippen LogP contribution in [-0.2, 0) is 18.9 Å². The highest BCUT2D eigenvalue weighted by molar-refractivity contribution is 7.98. The Morgan fingerprint density at radius 1 is 1.08 bits per heavy atom. The van der Waals surface area contributed by atoms with E-state index in [1.165, 1.54) is 17.8 Å². The Morgan fingerprint density at radius 3 is 2.58 bits per heavy atom. The smallest absolute Gasteiger partial charge is 0.191 e. The van der Waals surface area contributed by atoms with Crippen molar-refractivity contribution in [2.75, 3.05) is 0 Å². The first-order valence-electron chi connectivity index (χ1n) is 7.95. The summed E-state index contributed by atoms with van der Waals surface area (Å²) in [6, 6.07) is 11.9. The van der Waals surface area contributed by atoms with Gasteiger partial charge in [-0.15, -0.1) is 10.2 Å². The molecule has 8 heteroatoms. The van der Waals surface area contributed by atoms with Crippen LogP contribution < -0.4 is 4.74 Å². The van der Waals surface area contributed by atoms with Gasteiger partial charge in [-0.3, -0.25) is 0 Å². The number of halogens is 3. The molecule has 1 aromatic heterocycles. The van der Waals surface area contributed by atoms with Gasteiger partial charge in [0, 0.05) is 22.9 Å². The zero-order valence-electron chi connectivity index (χ0n) is 14.0. The third-order valence-electron chi connectivity index (χ3n) is 3.71. The van der Waals surface area contributed by atoms with E-state index >= 15 is 0 Å². The predicted molar refractivity (Wildman–Crippen MR) is 102 cm³/mol. The molecule has 0 fully saturated rings. The minimum absolute atomic E-state index is 0.242. The molecular formula is C18H16Cl2FN3OS. The Labute approximate surface area is 165 Å². The second-order valence-corrected chi connectivity index (χ2v) is 7.11. The summed E-state index contributed by atoms with van der Waals surface area (Å²) in [4.78, 5) is 0. The zero-order valence-corrected chi connectivity index (χ0v) is 16.3. The van der Waals surface area contributed by atoms with Crippen LogP contribution >= 0.6 is 35.0 Å². The molecule has 0 spiro atoms. The van der Waals surface area contributed by atoms with Gasteiger partial charge in [-0.25, -0.2) is 4.39 Å². The molecule has 0 bridgehead atoms. The van der Waals surface area contributed by atoms with Crippen molar-refractivity contribution in [3.8, 4) is 5.75 Å². The average molecular weight is 412 g/mol. The topological polar surface area (TPSA) is 39.9 Å². The largest absolute Gasteiger partial charge is 0.484 e. The van der Waals surface area contributed by atoms with Gasteiger partial charge in [-0.05, 0) is 31.2 Å². The van der Waals surface area contributed by atoms with Gasteiger partial charge in [-0.1, -0.05) is 53.2 Å². The van der Waals surface area contributed by atoms with Crippen molar-refractivity contribution in [3.05, 3.63) is 69.7 Å². The normalized spacial score (nSPS) is 10.9. The Hall–Kier alpha value is -1.76. The minimum Gasteiger partial charge on any atom is -0.484 e. The van der Waals surface area contributed by atoms with Crippen molar-refractivity contribution < 1.29 is 9.13 Å². The van der Waals surface area contributed by atoms with Gasteiger partial charge >= 0.3 is 0 Å². The number of hydrogen-bond acceptors (Lipinski definition) is 4. The molecule has 0 aliphatic rings. The van der Waals surface area contributed by atoms with Crippen LogP contribution in [0.3, 0.4) is 0 Å². The van der Waals surface area contributed by atoms with Gasteiger partial charge in [0.15, 0.2) is 11.0 Å². The van der Waals surface area contributed by atoms with Crippen molar-refractivity contribution in [1.82, 2.24) is 14.8 Å². The molecule has 0 amide bonds. The molecule has 0 atom stereocenters. The van der Waals surface area contributed by atoms with Crippen LogP contribution in [0, 0.1) is 5.82 Å². The molecule has 3 aromatic rings. The zero-order chi connectivity index (χ0) is 18.5. The summed E-state index contributed by atoms with van der Waals surface area (Å²) in [7, 11) is 0. The number of ether oxygens (including phenoxy) is 1. The molecule has 0 aliphatic carbocycles. The molecule has 26 heavy (non-hydrogen) atoms. The average Bonchev–Trinajstić information content (AvgIpc) is 3.02. The molecule has 136 valence electrons. The van der Waals surface area contributed by atoms with Crippen molar-refractivity contribution in [2.45, 2.75) is 31.0 Å².